The van der Waals surface area contributed by atoms with Gasteiger partial charge in [0.15, 0.2) is 0 Å². The summed E-state index contributed by atoms with van der Waals surface area (Å²) in [6.07, 6.45) is 0. The molecule has 4 aromatic carbocycles. The number of hydrogen-bond acceptors (Lipinski definition) is 6. The number of rotatable bonds is 13. The van der Waals surface area contributed by atoms with Crippen LogP contribution < -0.4 is 26.2 Å². The van der Waals surface area contributed by atoms with Crippen molar-refractivity contribution in [1.29, 1.82) is 0 Å². The van der Waals surface area contributed by atoms with Gasteiger partial charge >= 0.3 is 6.03 Å². The second-order valence-electron chi connectivity index (χ2n) is 11.5. The Morgan fingerprint density at radius 2 is 1.45 bits per heavy atom. The molecular weight excluding hydrogens is 633 g/mol. The molecule has 0 saturated carbocycles. The zero-order valence-corrected chi connectivity index (χ0v) is 28.3. The molecule has 0 spiro atoms. The molecule has 1 aromatic heterocycles. The number of urea groups is 1. The Bertz CT molecular complexity index is 1860. The molecule has 0 saturated heterocycles. The first kappa shape index (κ1) is 33.8. The van der Waals surface area contributed by atoms with E-state index >= 15 is 0 Å². The van der Waals surface area contributed by atoms with Crippen LogP contribution in [0.1, 0.15) is 15.9 Å². The maximum atomic E-state index is 13.2. The smallest absolute Gasteiger partial charge is 0.323 e. The predicted octanol–water partition coefficient (Wildman–Crippen LogP) is 7.66. The zero-order chi connectivity index (χ0) is 33.3. The molecule has 9 nitrogen and oxygen atoms in total. The van der Waals surface area contributed by atoms with E-state index in [1.165, 1.54) is 0 Å². The third kappa shape index (κ3) is 8.62. The number of aromatic nitrogens is 1. The average Bonchev–Trinajstić information content (AvgIpc) is 3.04. The molecule has 0 aliphatic heterocycles. The van der Waals surface area contributed by atoms with Crippen LogP contribution in [0.2, 0.25) is 0 Å². The molecule has 11 heteroatoms. The Balaban J connectivity index is 1.38. The van der Waals surface area contributed by atoms with Crippen LogP contribution in [-0.4, -0.2) is 73.9 Å². The van der Waals surface area contributed by atoms with Gasteiger partial charge in [-0.1, -0.05) is 30.3 Å². The summed E-state index contributed by atoms with van der Waals surface area (Å²) in [5.74, 6) is 0.822. The number of halogens is 2. The molecule has 4 N–H and O–H groups in total. The number of carbonyl (C=O) groups excluding carboxylic acids is 2. The fraction of sp³-hybridized carbons (Fsp3) is 0.250. The lowest BCUT2D eigenvalue weighted by atomic mass is 10.0. The molecule has 5 rings (SSSR count). The van der Waals surface area contributed by atoms with Gasteiger partial charge < -0.3 is 31.1 Å². The number of anilines is 5. The van der Waals surface area contributed by atoms with Crippen LogP contribution in [0.3, 0.4) is 0 Å². The lowest BCUT2D eigenvalue weighted by Gasteiger charge is -2.23. The molecule has 3 amide bonds. The van der Waals surface area contributed by atoms with Gasteiger partial charge in [-0.05, 0) is 81.2 Å². The molecule has 0 aliphatic carbocycles. The quantitative estimate of drug-likeness (QED) is 0.0757. The van der Waals surface area contributed by atoms with Gasteiger partial charge in [-0.25, -0.2) is 9.78 Å². The minimum absolute atomic E-state index is 0.170. The second-order valence-corrected chi connectivity index (χ2v) is 12.2. The van der Waals surface area contributed by atoms with Gasteiger partial charge in [0.1, 0.15) is 0 Å². The summed E-state index contributed by atoms with van der Waals surface area (Å²) < 4.78 is 0. The first-order chi connectivity index (χ1) is 22.7. The Morgan fingerprint density at radius 1 is 0.766 bits per heavy atom. The summed E-state index contributed by atoms with van der Waals surface area (Å²) in [6, 6.07) is 26.5. The number of nitrogens with one attached hydrogen (secondary N) is 4. The standard InChI is InChI=1S/C36H39Cl2N7O2/c1-24-21-26(23-27(22-24)42-36(47)41-25-11-13-28(14-12-25)45(18-15-37)19-16-38)40-33-29-7-4-5-10-32(29)43-34-30(33)8-6-9-31(34)35(46)39-17-20-44(2)3/h4-14,21-23H,15-20H2,1-3H3,(H,39,46)(H,40,43)(H2,41,42,47). The minimum atomic E-state index is -0.364. The van der Waals surface area contributed by atoms with E-state index in [4.69, 9.17) is 28.2 Å². The first-order valence-electron chi connectivity index (χ1n) is 15.4. The Kier molecular flexibility index (Phi) is 11.4. The fourth-order valence-electron chi connectivity index (χ4n) is 5.41. The molecule has 244 valence electrons. The summed E-state index contributed by atoms with van der Waals surface area (Å²) in [7, 11) is 3.94. The van der Waals surface area contributed by atoms with E-state index in [2.05, 4.69) is 26.2 Å². The first-order valence-corrected chi connectivity index (χ1v) is 16.5. The zero-order valence-electron chi connectivity index (χ0n) is 26.7. The molecule has 0 atom stereocenters. The van der Waals surface area contributed by atoms with E-state index in [1.54, 1.807) is 6.07 Å². The van der Waals surface area contributed by atoms with E-state index < -0.39 is 0 Å². The highest BCUT2D eigenvalue weighted by Gasteiger charge is 2.17. The maximum Gasteiger partial charge on any atom is 0.323 e. The maximum absolute atomic E-state index is 13.2. The van der Waals surface area contributed by atoms with E-state index in [0.29, 0.717) is 53.8 Å². The Morgan fingerprint density at radius 3 is 2.17 bits per heavy atom. The number of aryl methyl sites for hydroxylation is 1. The highest BCUT2D eigenvalue weighted by Crippen LogP contribution is 2.35. The summed E-state index contributed by atoms with van der Waals surface area (Å²) in [6.45, 7) is 4.60. The molecule has 47 heavy (non-hydrogen) atoms. The average molecular weight is 673 g/mol. The van der Waals surface area contributed by atoms with Crippen LogP contribution >= 0.6 is 23.2 Å². The lowest BCUT2D eigenvalue weighted by Crippen LogP contribution is -2.31. The van der Waals surface area contributed by atoms with Crippen molar-refractivity contribution in [1.82, 2.24) is 15.2 Å². The van der Waals surface area contributed by atoms with Crippen molar-refractivity contribution in [3.8, 4) is 0 Å². The predicted molar refractivity (Wildman–Crippen MR) is 197 cm³/mol. The van der Waals surface area contributed by atoms with Gasteiger partial charge in [-0.3, -0.25) is 4.79 Å². The summed E-state index contributed by atoms with van der Waals surface area (Å²) in [4.78, 5) is 35.3. The lowest BCUT2D eigenvalue weighted by molar-refractivity contribution is 0.0952. The van der Waals surface area contributed by atoms with Crippen LogP contribution in [0.5, 0.6) is 0 Å². The van der Waals surface area contributed by atoms with Crippen LogP contribution in [0.15, 0.2) is 84.9 Å². The van der Waals surface area contributed by atoms with Crippen LogP contribution in [0.4, 0.5) is 33.2 Å². The van der Waals surface area contributed by atoms with E-state index in [1.807, 2.05) is 105 Å². The molecule has 0 radical (unpaired) electrons. The van der Waals surface area contributed by atoms with Gasteiger partial charge in [0.05, 0.1) is 22.3 Å². The fourth-order valence-corrected chi connectivity index (χ4v) is 5.82. The van der Waals surface area contributed by atoms with Crippen molar-refractivity contribution in [3.63, 3.8) is 0 Å². The number of nitrogens with zero attached hydrogens (tertiary/aromatic N) is 3. The number of amides is 3. The van der Waals surface area contributed by atoms with Crippen molar-refractivity contribution in [3.05, 3.63) is 96.1 Å². The van der Waals surface area contributed by atoms with Crippen LogP contribution in [-0.2, 0) is 0 Å². The Labute approximate surface area is 285 Å². The van der Waals surface area contributed by atoms with Gasteiger partial charge in [0.25, 0.3) is 5.91 Å². The number of para-hydroxylation sites is 2. The normalized spacial score (nSPS) is 11.1. The molecular formula is C36H39Cl2N7O2. The third-order valence-electron chi connectivity index (χ3n) is 7.60. The molecule has 0 fully saturated rings. The number of hydrogen-bond donors (Lipinski definition) is 4. The highest BCUT2D eigenvalue weighted by atomic mass is 35.5. The van der Waals surface area contributed by atoms with Gasteiger partial charge in [-0.15, -0.1) is 23.2 Å². The van der Waals surface area contributed by atoms with Crippen molar-refractivity contribution < 1.29 is 9.59 Å². The van der Waals surface area contributed by atoms with E-state index in [-0.39, 0.29) is 11.9 Å². The Hall–Kier alpha value is -4.57. The number of carbonyl (C=O) groups is 2. The van der Waals surface area contributed by atoms with E-state index in [0.717, 1.165) is 45.5 Å². The molecule has 1 heterocycles. The number of pyridine rings is 1. The van der Waals surface area contributed by atoms with E-state index in [9.17, 15) is 9.59 Å². The van der Waals surface area contributed by atoms with Crippen LogP contribution in [0, 0.1) is 6.92 Å². The monoisotopic (exact) mass is 671 g/mol. The highest BCUT2D eigenvalue weighted by molar-refractivity contribution is 6.18. The summed E-state index contributed by atoms with van der Waals surface area (Å²) in [5, 5.41) is 14.2. The molecule has 0 unspecified atom stereocenters. The van der Waals surface area contributed by atoms with Crippen molar-refractivity contribution in [2.45, 2.75) is 6.92 Å². The van der Waals surface area contributed by atoms with Crippen molar-refractivity contribution in [2.24, 2.45) is 0 Å². The van der Waals surface area contributed by atoms with Crippen molar-refractivity contribution >= 4 is 85.4 Å². The molecule has 0 bridgehead atoms. The minimum Gasteiger partial charge on any atom is -0.369 e. The van der Waals surface area contributed by atoms with Gasteiger partial charge in [0, 0.05) is 71.5 Å². The van der Waals surface area contributed by atoms with Gasteiger partial charge in [0.2, 0.25) is 0 Å². The van der Waals surface area contributed by atoms with Crippen molar-refractivity contribution in [2.75, 3.05) is 72.9 Å². The van der Waals surface area contributed by atoms with Crippen LogP contribution in [0.25, 0.3) is 21.8 Å². The third-order valence-corrected chi connectivity index (χ3v) is 7.94. The summed E-state index contributed by atoms with van der Waals surface area (Å²) in [5.41, 5.74) is 6.72. The number of likely N-dealkylation sites (N-methyl/N-ethyl adjacent to an activating group) is 1. The molecule has 0 aliphatic rings. The molecule has 5 aromatic rings. The second kappa shape index (κ2) is 15.8. The van der Waals surface area contributed by atoms with Gasteiger partial charge in [-0.2, -0.15) is 0 Å². The SMILES string of the molecule is Cc1cc(NC(=O)Nc2ccc(N(CCCl)CCCl)cc2)cc(Nc2c3ccccc3nc3c(C(=O)NCCN(C)C)cccc23)c1. The topological polar surface area (TPSA) is 102 Å². The summed E-state index contributed by atoms with van der Waals surface area (Å²) >= 11 is 11.9. The number of fused-ring (bicyclic) bond motifs is 2. The number of benzene rings is 4. The number of alkyl halides is 2. The largest absolute Gasteiger partial charge is 0.369 e.